The van der Waals surface area contributed by atoms with Gasteiger partial charge in [-0.3, -0.25) is 9.59 Å². The number of aromatic amines is 2. The molecular formula is C21H16Cl4N4O2S2. The van der Waals surface area contributed by atoms with E-state index in [0.717, 1.165) is 19.3 Å². The molecule has 2 aromatic heterocycles. The zero-order valence-corrected chi connectivity index (χ0v) is 21.5. The van der Waals surface area contributed by atoms with Crippen molar-refractivity contribution in [3.05, 3.63) is 56.0 Å². The summed E-state index contributed by atoms with van der Waals surface area (Å²) >= 11 is 26.4. The van der Waals surface area contributed by atoms with E-state index in [9.17, 15) is 9.59 Å². The van der Waals surface area contributed by atoms with Gasteiger partial charge in [0.25, 0.3) is 10.2 Å². The quantitative estimate of drug-likeness (QED) is 0.214. The van der Waals surface area contributed by atoms with Crippen LogP contribution in [0.25, 0.3) is 22.1 Å². The lowest BCUT2D eigenvalue weighted by molar-refractivity contribution is 0.107. The van der Waals surface area contributed by atoms with E-state index in [1.807, 2.05) is 0 Å². The van der Waals surface area contributed by atoms with Gasteiger partial charge in [0, 0.05) is 11.5 Å². The van der Waals surface area contributed by atoms with Gasteiger partial charge in [-0.1, -0.05) is 76.3 Å². The molecule has 0 saturated carbocycles. The van der Waals surface area contributed by atoms with Crippen LogP contribution in [0.2, 0.25) is 20.1 Å². The summed E-state index contributed by atoms with van der Waals surface area (Å²) in [4.78, 5) is 39.3. The first-order valence-electron chi connectivity index (χ1n) is 9.85. The van der Waals surface area contributed by atoms with E-state index in [4.69, 9.17) is 46.4 Å². The van der Waals surface area contributed by atoms with Gasteiger partial charge in [-0.25, -0.2) is 9.97 Å². The summed E-state index contributed by atoms with van der Waals surface area (Å²) in [5, 5.41) is 1.34. The molecule has 0 unspecified atom stereocenters. The van der Waals surface area contributed by atoms with Crippen LogP contribution in [0.4, 0.5) is 0 Å². The Morgan fingerprint density at radius 3 is 1.48 bits per heavy atom. The van der Waals surface area contributed by atoms with Crippen LogP contribution >= 0.6 is 69.9 Å². The summed E-state index contributed by atoms with van der Waals surface area (Å²) in [7, 11) is 0. The molecule has 0 amide bonds. The zero-order valence-electron chi connectivity index (χ0n) is 16.9. The maximum Gasteiger partial charge on any atom is 0.254 e. The van der Waals surface area contributed by atoms with Crippen LogP contribution in [0.1, 0.15) is 40.5 Å². The second-order valence-corrected chi connectivity index (χ2v) is 10.8. The first-order valence-corrected chi connectivity index (χ1v) is 13.3. The molecular weight excluding hydrogens is 546 g/mol. The molecule has 12 heteroatoms. The summed E-state index contributed by atoms with van der Waals surface area (Å²) in [6, 6.07) is 6.57. The number of carbonyl (C=O) groups excluding carboxylic acids is 2. The van der Waals surface area contributed by atoms with E-state index in [2.05, 4.69) is 19.9 Å². The molecule has 0 aliphatic heterocycles. The largest absolute Gasteiger partial charge is 0.335 e. The second kappa shape index (κ2) is 10.9. The first-order chi connectivity index (χ1) is 15.8. The normalized spacial score (nSPS) is 11.5. The lowest BCUT2D eigenvalue weighted by atomic mass is 10.3. The minimum atomic E-state index is -0.131. The highest BCUT2D eigenvalue weighted by Crippen LogP contribution is 2.28. The molecule has 0 aliphatic rings. The van der Waals surface area contributed by atoms with Gasteiger partial charge in [0.2, 0.25) is 0 Å². The number of benzene rings is 2. The van der Waals surface area contributed by atoms with Gasteiger partial charge >= 0.3 is 0 Å². The highest BCUT2D eigenvalue weighted by Gasteiger charge is 2.15. The number of fused-ring (bicyclic) bond motifs is 2. The van der Waals surface area contributed by atoms with Gasteiger partial charge < -0.3 is 9.97 Å². The molecule has 6 nitrogen and oxygen atoms in total. The molecule has 0 spiro atoms. The molecule has 0 fully saturated rings. The fourth-order valence-corrected chi connectivity index (χ4v) is 5.23. The number of carbonyl (C=O) groups is 2. The highest BCUT2D eigenvalue weighted by atomic mass is 35.5. The minimum Gasteiger partial charge on any atom is -0.335 e. The van der Waals surface area contributed by atoms with Crippen molar-refractivity contribution in [3.63, 3.8) is 0 Å². The Morgan fingerprint density at radius 1 is 0.667 bits per heavy atom. The molecule has 2 N–H and O–H groups in total. The van der Waals surface area contributed by atoms with E-state index >= 15 is 0 Å². The van der Waals surface area contributed by atoms with Crippen molar-refractivity contribution in [1.29, 1.82) is 0 Å². The predicted octanol–water partition coefficient (Wildman–Crippen LogP) is 7.67. The molecule has 0 bridgehead atoms. The number of nitrogens with one attached hydrogen (secondary N) is 2. The molecule has 33 heavy (non-hydrogen) atoms. The number of hydrogen-bond donors (Lipinski definition) is 2. The Hall–Kier alpha value is -1.42. The van der Waals surface area contributed by atoms with Crippen LogP contribution in [-0.2, 0) is 0 Å². The molecule has 0 radical (unpaired) electrons. The summed E-state index contributed by atoms with van der Waals surface area (Å²) in [6.45, 7) is 0. The van der Waals surface area contributed by atoms with Gasteiger partial charge in [-0.2, -0.15) is 0 Å². The summed E-state index contributed by atoms with van der Waals surface area (Å²) < 4.78 is 0. The molecule has 0 aliphatic carbocycles. The third-order valence-electron chi connectivity index (χ3n) is 4.69. The third kappa shape index (κ3) is 5.99. The van der Waals surface area contributed by atoms with Gasteiger partial charge in [0.1, 0.15) is 0 Å². The van der Waals surface area contributed by atoms with Gasteiger partial charge in [0.05, 0.1) is 42.2 Å². The van der Waals surface area contributed by atoms with Crippen molar-refractivity contribution in [1.82, 2.24) is 19.9 Å². The van der Waals surface area contributed by atoms with Crippen LogP contribution in [0.5, 0.6) is 0 Å². The number of nitrogens with zero attached hydrogens (tertiary/aromatic N) is 2. The van der Waals surface area contributed by atoms with Crippen molar-refractivity contribution in [2.24, 2.45) is 0 Å². The van der Waals surface area contributed by atoms with E-state index in [0.29, 0.717) is 53.7 Å². The minimum absolute atomic E-state index is 0.131. The van der Waals surface area contributed by atoms with Gasteiger partial charge in [-0.05, 0) is 37.1 Å². The number of rotatable bonds is 8. The number of thioether (sulfide) groups is 2. The molecule has 4 rings (SSSR count). The van der Waals surface area contributed by atoms with E-state index < -0.39 is 0 Å². The Morgan fingerprint density at radius 2 is 1.06 bits per heavy atom. The SMILES string of the molecule is O=C(SCCCCCSC(=O)c1nc2cc(Cl)c(Cl)cc2[nH]1)c1nc2cc(Cl)c(Cl)cc2[nH]1. The monoisotopic (exact) mass is 560 g/mol. The van der Waals surface area contributed by atoms with Crippen LogP contribution in [-0.4, -0.2) is 41.7 Å². The fourth-order valence-electron chi connectivity index (χ4n) is 3.05. The van der Waals surface area contributed by atoms with E-state index in [1.54, 1.807) is 24.3 Å². The third-order valence-corrected chi connectivity index (χ3v) is 8.03. The average molecular weight is 562 g/mol. The molecule has 0 saturated heterocycles. The van der Waals surface area contributed by atoms with Crippen molar-refractivity contribution < 1.29 is 9.59 Å². The molecule has 2 heterocycles. The number of halogens is 4. The van der Waals surface area contributed by atoms with E-state index in [-0.39, 0.29) is 21.9 Å². The topological polar surface area (TPSA) is 91.5 Å². The number of H-pyrrole nitrogens is 2. The Bertz CT molecular complexity index is 1180. The van der Waals surface area contributed by atoms with Gasteiger partial charge in [-0.15, -0.1) is 0 Å². The van der Waals surface area contributed by atoms with Crippen molar-refractivity contribution in [2.75, 3.05) is 11.5 Å². The molecule has 172 valence electrons. The first kappa shape index (κ1) is 24.7. The second-order valence-electron chi connectivity index (χ2n) is 7.07. The molecule has 0 atom stereocenters. The van der Waals surface area contributed by atoms with Crippen LogP contribution in [0.15, 0.2) is 24.3 Å². The molecule has 4 aromatic rings. The van der Waals surface area contributed by atoms with Crippen LogP contribution in [0, 0.1) is 0 Å². The number of hydrogen-bond acceptors (Lipinski definition) is 6. The van der Waals surface area contributed by atoms with Crippen molar-refractivity contribution in [2.45, 2.75) is 19.3 Å². The fraction of sp³-hybridized carbons (Fsp3) is 0.238. The standard InChI is InChI=1S/C21H16Cl4N4O2S2/c22-10-6-14-15(7-11(10)23)27-18(26-14)20(30)32-4-2-1-3-5-33-21(31)19-28-16-8-12(24)13(25)9-17(16)29-19/h6-9H,1-5H2,(H,26,27)(H,28,29). The van der Waals surface area contributed by atoms with Crippen molar-refractivity contribution >= 4 is 102 Å². The maximum atomic E-state index is 12.4. The Kier molecular flexibility index (Phi) is 8.15. The maximum absolute atomic E-state index is 12.4. The van der Waals surface area contributed by atoms with Crippen LogP contribution < -0.4 is 0 Å². The summed E-state index contributed by atoms with van der Waals surface area (Å²) in [6.07, 6.45) is 2.60. The van der Waals surface area contributed by atoms with Gasteiger partial charge in [0.15, 0.2) is 11.6 Å². The van der Waals surface area contributed by atoms with Crippen molar-refractivity contribution in [3.8, 4) is 0 Å². The number of aromatic nitrogens is 4. The summed E-state index contributed by atoms with van der Waals surface area (Å²) in [5.41, 5.74) is 2.55. The number of unbranched alkanes of at least 4 members (excludes halogenated alkanes) is 2. The predicted molar refractivity (Wildman–Crippen MR) is 140 cm³/mol. The smallest absolute Gasteiger partial charge is 0.254 e. The Labute approximate surface area is 217 Å². The van der Waals surface area contributed by atoms with E-state index in [1.165, 1.54) is 23.5 Å². The molecule has 2 aromatic carbocycles. The average Bonchev–Trinajstić information content (AvgIpc) is 3.37. The lowest BCUT2D eigenvalue weighted by Gasteiger charge is -2.00. The highest BCUT2D eigenvalue weighted by molar-refractivity contribution is 8.14. The summed E-state index contributed by atoms with van der Waals surface area (Å²) in [5.74, 6) is 1.90. The lowest BCUT2D eigenvalue weighted by Crippen LogP contribution is -1.99. The van der Waals surface area contributed by atoms with Crippen LogP contribution in [0.3, 0.4) is 0 Å². The Balaban J connectivity index is 1.17. The zero-order chi connectivity index (χ0) is 23.5. The number of imidazole rings is 2.